The molecular weight excluding hydrogens is 740 g/mol. The monoisotopic (exact) mass is 815 g/mol. The maximum atomic E-state index is 11.9. The molecule has 330 valence electrons. The second-order valence-electron chi connectivity index (χ2n) is 19.5. The lowest BCUT2D eigenvalue weighted by atomic mass is 9.72. The Morgan fingerprint density at radius 3 is 1.91 bits per heavy atom. The van der Waals surface area contributed by atoms with E-state index in [0.29, 0.717) is 19.3 Å². The number of carbonyl (C=O) groups is 1. The van der Waals surface area contributed by atoms with Crippen LogP contribution in [0, 0.1) is 41.4 Å². The molecule has 14 heteroatoms. The summed E-state index contributed by atoms with van der Waals surface area (Å²) in [5.74, 6) is -6.75. The smallest absolute Gasteiger partial charge is 0.308 e. The van der Waals surface area contributed by atoms with Crippen LogP contribution in [0.2, 0.25) is 0 Å². The Bertz CT molecular complexity index is 1420. The first kappa shape index (κ1) is 45.5. The number of ether oxygens (including phenoxy) is 10. The van der Waals surface area contributed by atoms with E-state index in [9.17, 15) is 20.1 Å². The molecule has 0 bridgehead atoms. The van der Waals surface area contributed by atoms with Crippen molar-refractivity contribution in [3.8, 4) is 0 Å². The first-order valence-electron chi connectivity index (χ1n) is 21.4. The standard InChI is InChI=1S/C43H74O14/c1-21-28(48-11)19-42(55-31(21)22(2)32-23(3)34(50-13)27(7)43(47,56-32)20-30(44)45)18-17-39(8,57-42)29-15-16-40(9,53-29)38-25(5)35(51-14)37(52-38)36-24(4)33(49-12)26(6)41(10,46)54-36/h21-29,31-38,46-47H,15-20H2,1-14H3,(H,44,45)/t21-,22-,23+,24+,25+,26-,27-,28+,29-,31+,32-,33+,34+,35-,36+,37-,38-,39+,40+,41+,42-,43-/m1/s1. The number of aliphatic hydroxyl groups is 2. The molecule has 0 radical (unpaired) electrons. The van der Waals surface area contributed by atoms with Gasteiger partial charge in [-0.1, -0.05) is 48.5 Å². The van der Waals surface area contributed by atoms with Gasteiger partial charge in [0, 0.05) is 82.7 Å². The molecule has 0 aromatic rings. The average molecular weight is 815 g/mol. The van der Waals surface area contributed by atoms with Crippen LogP contribution in [-0.2, 0) is 52.2 Å². The number of hydrogen-bond acceptors (Lipinski definition) is 13. The molecule has 14 nitrogen and oxygen atoms in total. The summed E-state index contributed by atoms with van der Waals surface area (Å²) in [6.45, 7) is 20.1. The van der Waals surface area contributed by atoms with Crippen molar-refractivity contribution in [2.75, 3.05) is 28.4 Å². The van der Waals surface area contributed by atoms with Gasteiger partial charge in [-0.2, -0.15) is 0 Å². The van der Waals surface area contributed by atoms with Crippen molar-refractivity contribution in [3.63, 3.8) is 0 Å². The predicted octanol–water partition coefficient (Wildman–Crippen LogP) is 4.93. The van der Waals surface area contributed by atoms with Crippen LogP contribution in [0.5, 0.6) is 0 Å². The molecule has 0 aliphatic carbocycles. The molecule has 6 aliphatic heterocycles. The molecule has 0 amide bonds. The molecular formula is C43H74O14. The van der Waals surface area contributed by atoms with E-state index < -0.39 is 77.4 Å². The van der Waals surface area contributed by atoms with E-state index in [0.717, 1.165) is 12.8 Å². The van der Waals surface area contributed by atoms with Gasteiger partial charge in [0.05, 0.1) is 72.6 Å². The van der Waals surface area contributed by atoms with E-state index in [2.05, 4.69) is 34.6 Å². The highest BCUT2D eigenvalue weighted by molar-refractivity contribution is 5.68. The summed E-state index contributed by atoms with van der Waals surface area (Å²) < 4.78 is 65.1. The summed E-state index contributed by atoms with van der Waals surface area (Å²) in [6, 6.07) is 0. The van der Waals surface area contributed by atoms with Crippen molar-refractivity contribution < 1.29 is 67.5 Å². The number of carboxylic acids is 1. The van der Waals surface area contributed by atoms with Crippen molar-refractivity contribution in [1.82, 2.24) is 0 Å². The summed E-state index contributed by atoms with van der Waals surface area (Å²) in [5, 5.41) is 32.6. The predicted molar refractivity (Wildman–Crippen MR) is 207 cm³/mol. The number of rotatable bonds is 11. The molecule has 1 spiro atoms. The van der Waals surface area contributed by atoms with E-state index in [1.807, 2.05) is 20.8 Å². The Morgan fingerprint density at radius 1 is 0.702 bits per heavy atom. The summed E-state index contributed by atoms with van der Waals surface area (Å²) >= 11 is 0. The summed E-state index contributed by atoms with van der Waals surface area (Å²) in [5.41, 5.74) is -1.31. The number of aliphatic carboxylic acids is 1. The highest BCUT2D eigenvalue weighted by atomic mass is 16.7. The van der Waals surface area contributed by atoms with E-state index in [1.165, 1.54) is 0 Å². The lowest BCUT2D eigenvalue weighted by Crippen LogP contribution is -2.63. The van der Waals surface area contributed by atoms with E-state index >= 15 is 0 Å². The molecule has 0 aromatic carbocycles. The minimum absolute atomic E-state index is 0.0281. The number of methoxy groups -OCH3 is 4. The lowest BCUT2D eigenvalue weighted by Gasteiger charge is -2.54. The van der Waals surface area contributed by atoms with Gasteiger partial charge in [-0.25, -0.2) is 0 Å². The molecule has 6 rings (SSSR count). The first-order valence-corrected chi connectivity index (χ1v) is 21.4. The van der Waals surface area contributed by atoms with Crippen LogP contribution in [0.4, 0.5) is 0 Å². The van der Waals surface area contributed by atoms with Gasteiger partial charge in [0.15, 0.2) is 17.4 Å². The van der Waals surface area contributed by atoms with Crippen LogP contribution in [0.1, 0.15) is 108 Å². The van der Waals surface area contributed by atoms with Gasteiger partial charge in [-0.3, -0.25) is 4.79 Å². The zero-order chi connectivity index (χ0) is 42.2. The van der Waals surface area contributed by atoms with Gasteiger partial charge >= 0.3 is 5.97 Å². The van der Waals surface area contributed by atoms with Gasteiger partial charge < -0.3 is 62.7 Å². The molecule has 0 unspecified atom stereocenters. The second-order valence-corrected chi connectivity index (χ2v) is 19.5. The average Bonchev–Trinajstić information content (AvgIpc) is 3.82. The third kappa shape index (κ3) is 7.88. The Balaban J connectivity index is 1.19. The zero-order valence-corrected chi connectivity index (χ0v) is 36.9. The number of hydrogen-bond donors (Lipinski definition) is 3. The normalized spacial score (nSPS) is 55.0. The van der Waals surface area contributed by atoms with Crippen LogP contribution in [-0.4, -0.2) is 139 Å². The Labute approximate surface area is 340 Å². The van der Waals surface area contributed by atoms with E-state index in [4.69, 9.17) is 47.4 Å². The minimum atomic E-state index is -1.90. The van der Waals surface area contributed by atoms with Crippen molar-refractivity contribution in [2.24, 2.45) is 41.4 Å². The summed E-state index contributed by atoms with van der Waals surface area (Å²) in [6.07, 6.45) is -0.662. The van der Waals surface area contributed by atoms with Crippen molar-refractivity contribution in [1.29, 1.82) is 0 Å². The topological polar surface area (TPSA) is 170 Å². The van der Waals surface area contributed by atoms with E-state index in [-0.39, 0.29) is 66.0 Å². The highest BCUT2D eigenvalue weighted by Crippen LogP contribution is 2.55. The zero-order valence-electron chi connectivity index (χ0n) is 36.9. The van der Waals surface area contributed by atoms with Gasteiger partial charge in [0.25, 0.3) is 0 Å². The van der Waals surface area contributed by atoms with Crippen molar-refractivity contribution in [2.45, 2.75) is 197 Å². The third-order valence-corrected chi connectivity index (χ3v) is 15.8. The Kier molecular flexibility index (Phi) is 13.1. The van der Waals surface area contributed by atoms with Crippen molar-refractivity contribution in [3.05, 3.63) is 0 Å². The van der Waals surface area contributed by atoms with E-state index in [1.54, 1.807) is 42.3 Å². The molecule has 57 heavy (non-hydrogen) atoms. The molecule has 0 saturated carbocycles. The molecule has 6 heterocycles. The van der Waals surface area contributed by atoms with Gasteiger partial charge in [-0.05, 0) is 40.0 Å². The lowest BCUT2D eigenvalue weighted by molar-refractivity contribution is -0.358. The van der Waals surface area contributed by atoms with Crippen LogP contribution in [0.15, 0.2) is 0 Å². The number of carboxylic acid groups (broad SMARTS) is 1. The minimum Gasteiger partial charge on any atom is -0.481 e. The third-order valence-electron chi connectivity index (χ3n) is 15.8. The molecule has 22 atom stereocenters. The molecule has 6 fully saturated rings. The van der Waals surface area contributed by atoms with Crippen molar-refractivity contribution >= 4 is 5.97 Å². The maximum absolute atomic E-state index is 11.9. The maximum Gasteiger partial charge on any atom is 0.308 e. The SMILES string of the molecule is CO[C@@H]1[C@H](C)[C@H]([C@]2(C)CC[C@H]([C@]3(C)CC[C@]4(C[C@H](OC)[C@@H](C)[C@@H]([C@@H](C)[C@H]5O[C@](O)(CC(=O)O)[C@H](C)[C@@H](OC)[C@H]5C)O4)O3)O2)O[C@H]1[C@H]1O[C@](C)(O)[C@H](C)[C@@H](OC)[C@@H]1C. The fourth-order valence-electron chi connectivity index (χ4n) is 12.2. The Hall–Kier alpha value is -1.01. The second kappa shape index (κ2) is 16.4. The van der Waals surface area contributed by atoms with Gasteiger partial charge in [0.2, 0.25) is 0 Å². The summed E-state index contributed by atoms with van der Waals surface area (Å²) in [4.78, 5) is 11.9. The van der Waals surface area contributed by atoms with Crippen LogP contribution in [0.25, 0.3) is 0 Å². The molecule has 3 N–H and O–H groups in total. The van der Waals surface area contributed by atoms with Crippen LogP contribution >= 0.6 is 0 Å². The Morgan fingerprint density at radius 2 is 1.32 bits per heavy atom. The fourth-order valence-corrected chi connectivity index (χ4v) is 12.2. The molecule has 6 saturated heterocycles. The summed E-state index contributed by atoms with van der Waals surface area (Å²) in [7, 11) is 6.69. The first-order chi connectivity index (χ1) is 26.5. The fraction of sp³-hybridized carbons (Fsp3) is 0.977. The quantitative estimate of drug-likeness (QED) is 0.257. The molecule has 6 aliphatic rings. The van der Waals surface area contributed by atoms with Crippen LogP contribution < -0.4 is 0 Å². The van der Waals surface area contributed by atoms with Gasteiger partial charge in [-0.15, -0.1) is 0 Å². The van der Waals surface area contributed by atoms with Gasteiger partial charge in [0.1, 0.15) is 6.10 Å². The largest absolute Gasteiger partial charge is 0.481 e. The highest BCUT2D eigenvalue weighted by Gasteiger charge is 2.64. The van der Waals surface area contributed by atoms with Crippen LogP contribution in [0.3, 0.4) is 0 Å². The molecule has 0 aromatic heterocycles.